The predicted octanol–water partition coefficient (Wildman–Crippen LogP) is 2.30. The van der Waals surface area contributed by atoms with Gasteiger partial charge in [0.2, 0.25) is 0 Å². The van der Waals surface area contributed by atoms with Crippen LogP contribution in [0.2, 0.25) is 0 Å². The van der Waals surface area contributed by atoms with Crippen LogP contribution in [0.5, 0.6) is 0 Å². The van der Waals surface area contributed by atoms with E-state index in [1.807, 2.05) is 43.3 Å². The molecular formula is C10H11NO. The highest BCUT2D eigenvalue weighted by Crippen LogP contribution is 2.26. The summed E-state index contributed by atoms with van der Waals surface area (Å²) < 4.78 is 0. The van der Waals surface area contributed by atoms with Gasteiger partial charge in [-0.05, 0) is 18.6 Å². The molecule has 0 saturated carbocycles. The zero-order valence-electron chi connectivity index (χ0n) is 6.94. The van der Waals surface area contributed by atoms with Crippen LogP contribution in [0.4, 0.5) is 5.69 Å². The van der Waals surface area contributed by atoms with Gasteiger partial charge in [0.1, 0.15) is 0 Å². The summed E-state index contributed by atoms with van der Waals surface area (Å²) in [6.07, 6.45) is 4.01. The lowest BCUT2D eigenvalue weighted by Gasteiger charge is -2.27. The Morgan fingerprint density at radius 1 is 1.33 bits per heavy atom. The minimum Gasteiger partial charge on any atom is -0.288 e. The molecule has 0 amide bonds. The van der Waals surface area contributed by atoms with Crippen molar-refractivity contribution in [2.24, 2.45) is 0 Å². The maximum Gasteiger partial charge on any atom is 0.0719 e. The van der Waals surface area contributed by atoms with Crippen molar-refractivity contribution >= 4 is 11.8 Å². The maximum absolute atomic E-state index is 9.61. The smallest absolute Gasteiger partial charge is 0.0719 e. The summed E-state index contributed by atoms with van der Waals surface area (Å²) in [6.45, 7) is 1.95. The standard InChI is InChI=1S/C10H11NO/c1-8-6-7-9-4-2-3-5-10(9)11(8)12/h2-8,12H,1H3. The highest BCUT2D eigenvalue weighted by molar-refractivity contribution is 5.70. The Labute approximate surface area is 71.7 Å². The molecule has 0 saturated heterocycles. The fourth-order valence-electron chi connectivity index (χ4n) is 1.38. The molecule has 1 unspecified atom stereocenters. The van der Waals surface area contributed by atoms with Crippen LogP contribution >= 0.6 is 0 Å². The molecule has 1 N–H and O–H groups in total. The van der Waals surface area contributed by atoms with Crippen LogP contribution in [-0.2, 0) is 0 Å². The predicted molar refractivity (Wildman–Crippen MR) is 49.2 cm³/mol. The Balaban J connectivity index is 2.52. The first-order valence-electron chi connectivity index (χ1n) is 4.04. The lowest BCUT2D eigenvalue weighted by molar-refractivity contribution is 0.237. The van der Waals surface area contributed by atoms with Crippen LogP contribution in [0.1, 0.15) is 12.5 Å². The van der Waals surface area contributed by atoms with Crippen molar-refractivity contribution in [2.75, 3.05) is 5.06 Å². The second-order valence-corrected chi connectivity index (χ2v) is 3.00. The lowest BCUT2D eigenvalue weighted by atomic mass is 10.1. The van der Waals surface area contributed by atoms with Crippen molar-refractivity contribution in [3.05, 3.63) is 35.9 Å². The van der Waals surface area contributed by atoms with E-state index in [-0.39, 0.29) is 6.04 Å². The molecule has 1 aromatic carbocycles. The van der Waals surface area contributed by atoms with E-state index >= 15 is 0 Å². The Hall–Kier alpha value is -1.28. The van der Waals surface area contributed by atoms with Gasteiger partial charge in [0, 0.05) is 0 Å². The molecule has 0 spiro atoms. The summed E-state index contributed by atoms with van der Waals surface area (Å²) in [5, 5.41) is 10.9. The van der Waals surface area contributed by atoms with Gasteiger partial charge in [-0.1, -0.05) is 30.4 Å². The van der Waals surface area contributed by atoms with E-state index in [2.05, 4.69) is 0 Å². The molecule has 2 rings (SSSR count). The van der Waals surface area contributed by atoms with Crippen LogP contribution in [0.15, 0.2) is 30.3 Å². The van der Waals surface area contributed by atoms with Crippen molar-refractivity contribution in [2.45, 2.75) is 13.0 Å². The van der Waals surface area contributed by atoms with Crippen LogP contribution in [0.3, 0.4) is 0 Å². The van der Waals surface area contributed by atoms with Gasteiger partial charge in [0.15, 0.2) is 0 Å². The third-order valence-electron chi connectivity index (χ3n) is 2.12. The number of nitrogens with zero attached hydrogens (tertiary/aromatic N) is 1. The molecule has 0 fully saturated rings. The molecule has 62 valence electrons. The molecule has 1 aliphatic heterocycles. The van der Waals surface area contributed by atoms with E-state index in [0.29, 0.717) is 0 Å². The summed E-state index contributed by atoms with van der Waals surface area (Å²) in [7, 11) is 0. The molecule has 1 aliphatic rings. The highest BCUT2D eigenvalue weighted by Gasteiger charge is 2.15. The highest BCUT2D eigenvalue weighted by atomic mass is 16.5. The lowest BCUT2D eigenvalue weighted by Crippen LogP contribution is -2.30. The van der Waals surface area contributed by atoms with E-state index < -0.39 is 0 Å². The maximum atomic E-state index is 9.61. The minimum atomic E-state index is 0.0694. The average molecular weight is 161 g/mol. The second kappa shape index (κ2) is 2.64. The minimum absolute atomic E-state index is 0.0694. The Bertz CT molecular complexity index is 319. The van der Waals surface area contributed by atoms with E-state index in [0.717, 1.165) is 11.3 Å². The summed E-state index contributed by atoms with van der Waals surface area (Å²) in [4.78, 5) is 0. The Kier molecular flexibility index (Phi) is 1.62. The topological polar surface area (TPSA) is 23.5 Å². The van der Waals surface area contributed by atoms with Gasteiger partial charge >= 0.3 is 0 Å². The van der Waals surface area contributed by atoms with Gasteiger partial charge in [-0.2, -0.15) is 0 Å². The molecule has 12 heavy (non-hydrogen) atoms. The molecule has 0 aromatic heterocycles. The van der Waals surface area contributed by atoms with Crippen molar-refractivity contribution in [3.8, 4) is 0 Å². The van der Waals surface area contributed by atoms with Crippen molar-refractivity contribution in [1.82, 2.24) is 0 Å². The van der Waals surface area contributed by atoms with Gasteiger partial charge in [-0.25, -0.2) is 5.06 Å². The number of hydroxylamine groups is 1. The quantitative estimate of drug-likeness (QED) is 0.631. The molecule has 0 bridgehead atoms. The van der Waals surface area contributed by atoms with Gasteiger partial charge in [-0.3, -0.25) is 5.21 Å². The third kappa shape index (κ3) is 1.01. The number of hydrogen-bond acceptors (Lipinski definition) is 2. The third-order valence-corrected chi connectivity index (χ3v) is 2.12. The summed E-state index contributed by atoms with van der Waals surface area (Å²) >= 11 is 0. The number of benzene rings is 1. The van der Waals surface area contributed by atoms with E-state index in [1.54, 1.807) is 0 Å². The molecule has 0 aliphatic carbocycles. The largest absolute Gasteiger partial charge is 0.288 e. The van der Waals surface area contributed by atoms with Gasteiger partial charge in [0.05, 0.1) is 11.7 Å². The monoisotopic (exact) mass is 161 g/mol. The van der Waals surface area contributed by atoms with Crippen molar-refractivity contribution in [1.29, 1.82) is 0 Å². The van der Waals surface area contributed by atoms with Gasteiger partial charge < -0.3 is 0 Å². The van der Waals surface area contributed by atoms with Crippen molar-refractivity contribution < 1.29 is 5.21 Å². The Morgan fingerprint density at radius 2 is 2.08 bits per heavy atom. The molecule has 0 radical (unpaired) electrons. The number of hydrogen-bond donors (Lipinski definition) is 1. The average Bonchev–Trinajstić information content (AvgIpc) is 2.12. The SMILES string of the molecule is CC1C=Cc2ccccc2N1O. The fourth-order valence-corrected chi connectivity index (χ4v) is 1.38. The van der Waals surface area contributed by atoms with E-state index in [9.17, 15) is 5.21 Å². The van der Waals surface area contributed by atoms with E-state index in [1.165, 1.54) is 5.06 Å². The Morgan fingerprint density at radius 3 is 2.92 bits per heavy atom. The summed E-state index contributed by atoms with van der Waals surface area (Å²) in [5.74, 6) is 0. The molecule has 2 heteroatoms. The first kappa shape index (κ1) is 7.37. The second-order valence-electron chi connectivity index (χ2n) is 3.00. The number of fused-ring (bicyclic) bond motifs is 1. The van der Waals surface area contributed by atoms with Crippen LogP contribution < -0.4 is 5.06 Å². The zero-order chi connectivity index (χ0) is 8.55. The van der Waals surface area contributed by atoms with Crippen LogP contribution in [0, 0.1) is 0 Å². The normalized spacial score (nSPS) is 20.8. The van der Waals surface area contributed by atoms with Crippen LogP contribution in [0.25, 0.3) is 6.08 Å². The molecule has 2 nitrogen and oxygen atoms in total. The molecule has 1 atom stereocenters. The molecule has 1 aromatic rings. The number of para-hydroxylation sites is 1. The van der Waals surface area contributed by atoms with Crippen LogP contribution in [-0.4, -0.2) is 11.2 Å². The summed E-state index contributed by atoms with van der Waals surface area (Å²) in [5.41, 5.74) is 1.95. The van der Waals surface area contributed by atoms with Gasteiger partial charge in [-0.15, -0.1) is 0 Å². The fraction of sp³-hybridized carbons (Fsp3) is 0.200. The van der Waals surface area contributed by atoms with Crippen molar-refractivity contribution in [3.63, 3.8) is 0 Å². The first-order valence-corrected chi connectivity index (χ1v) is 4.04. The summed E-state index contributed by atoms with van der Waals surface area (Å²) in [6, 6.07) is 7.86. The molecular weight excluding hydrogens is 150 g/mol. The van der Waals surface area contributed by atoms with E-state index in [4.69, 9.17) is 0 Å². The number of rotatable bonds is 0. The van der Waals surface area contributed by atoms with Gasteiger partial charge in [0.25, 0.3) is 0 Å². The molecule has 1 heterocycles. The number of anilines is 1. The first-order chi connectivity index (χ1) is 5.79. The zero-order valence-corrected chi connectivity index (χ0v) is 6.94.